The van der Waals surface area contributed by atoms with Crippen LogP contribution in [0.5, 0.6) is 0 Å². The maximum absolute atomic E-state index is 13.0. The Morgan fingerprint density at radius 1 is 1.30 bits per heavy atom. The van der Waals surface area contributed by atoms with E-state index in [2.05, 4.69) is 15.3 Å². The molecule has 5 nitrogen and oxygen atoms in total. The van der Waals surface area contributed by atoms with E-state index in [4.69, 9.17) is 5.26 Å². The minimum atomic E-state index is -0.337. The quantitative estimate of drug-likeness (QED) is 0.726. The van der Waals surface area contributed by atoms with Crippen LogP contribution in [0, 0.1) is 24.1 Å². The van der Waals surface area contributed by atoms with E-state index in [1.807, 2.05) is 18.4 Å². The molecule has 0 saturated heterocycles. The Hall–Kier alpha value is -2.59. The predicted octanol–water partition coefficient (Wildman–Crippen LogP) is 2.71. The average Bonchev–Trinajstić information content (AvgIpc) is 3.05. The Labute approximate surface area is 117 Å². The SMILES string of the molecule is Cc1csc(-n2nnc(C#N)c2-c2ccc(F)cc2)n1. The molecule has 7 heteroatoms. The molecule has 0 spiro atoms. The van der Waals surface area contributed by atoms with E-state index in [0.717, 1.165) is 5.69 Å². The highest BCUT2D eigenvalue weighted by Crippen LogP contribution is 2.26. The fourth-order valence-corrected chi connectivity index (χ4v) is 2.55. The zero-order chi connectivity index (χ0) is 14.1. The van der Waals surface area contributed by atoms with Crippen molar-refractivity contribution >= 4 is 11.3 Å². The predicted molar refractivity (Wildman–Crippen MR) is 71.9 cm³/mol. The molecule has 0 N–H and O–H groups in total. The van der Waals surface area contributed by atoms with Crippen LogP contribution in [0.4, 0.5) is 4.39 Å². The summed E-state index contributed by atoms with van der Waals surface area (Å²) >= 11 is 1.40. The summed E-state index contributed by atoms with van der Waals surface area (Å²) in [5.41, 5.74) is 2.23. The van der Waals surface area contributed by atoms with E-state index in [0.29, 0.717) is 16.4 Å². The third kappa shape index (κ3) is 2.06. The van der Waals surface area contributed by atoms with Gasteiger partial charge in [0.1, 0.15) is 17.6 Å². The molecule has 2 heterocycles. The van der Waals surface area contributed by atoms with Crippen molar-refractivity contribution in [2.45, 2.75) is 6.92 Å². The maximum atomic E-state index is 13.0. The van der Waals surface area contributed by atoms with Gasteiger partial charge >= 0.3 is 0 Å². The summed E-state index contributed by atoms with van der Waals surface area (Å²) in [5.74, 6) is -0.337. The molecule has 0 amide bonds. The van der Waals surface area contributed by atoms with E-state index < -0.39 is 0 Å². The van der Waals surface area contributed by atoms with Gasteiger partial charge in [-0.3, -0.25) is 0 Å². The van der Waals surface area contributed by atoms with Gasteiger partial charge < -0.3 is 0 Å². The van der Waals surface area contributed by atoms with Crippen LogP contribution in [0.15, 0.2) is 29.6 Å². The van der Waals surface area contributed by atoms with Crippen LogP contribution in [0.3, 0.4) is 0 Å². The summed E-state index contributed by atoms with van der Waals surface area (Å²) in [7, 11) is 0. The monoisotopic (exact) mass is 285 g/mol. The van der Waals surface area contributed by atoms with E-state index in [-0.39, 0.29) is 11.5 Å². The molecule has 0 aliphatic carbocycles. The third-order valence-corrected chi connectivity index (χ3v) is 3.62. The lowest BCUT2D eigenvalue weighted by Gasteiger charge is -2.03. The second-order valence-corrected chi connectivity index (χ2v) is 4.93. The summed E-state index contributed by atoms with van der Waals surface area (Å²) in [4.78, 5) is 4.33. The van der Waals surface area contributed by atoms with Crippen LogP contribution < -0.4 is 0 Å². The van der Waals surface area contributed by atoms with E-state index in [1.54, 1.807) is 12.1 Å². The first-order valence-electron chi connectivity index (χ1n) is 5.73. The van der Waals surface area contributed by atoms with Crippen molar-refractivity contribution in [3.05, 3.63) is 46.9 Å². The summed E-state index contributed by atoms with van der Waals surface area (Å²) in [6.45, 7) is 1.87. The zero-order valence-electron chi connectivity index (χ0n) is 10.4. The molecule has 0 saturated carbocycles. The van der Waals surface area contributed by atoms with E-state index >= 15 is 0 Å². The number of aromatic nitrogens is 4. The molecule has 3 aromatic rings. The topological polar surface area (TPSA) is 67.4 Å². The van der Waals surface area contributed by atoms with E-state index in [1.165, 1.54) is 28.2 Å². The van der Waals surface area contributed by atoms with Gasteiger partial charge in [-0.25, -0.2) is 9.37 Å². The number of halogens is 1. The smallest absolute Gasteiger partial charge is 0.212 e. The van der Waals surface area contributed by atoms with Gasteiger partial charge in [0, 0.05) is 10.9 Å². The Balaban J connectivity index is 2.21. The van der Waals surface area contributed by atoms with Gasteiger partial charge in [-0.05, 0) is 31.2 Å². The molecular formula is C13H8FN5S. The van der Waals surface area contributed by atoms with Gasteiger partial charge in [0.05, 0.1) is 5.69 Å². The molecule has 0 aliphatic rings. The lowest BCUT2D eigenvalue weighted by Crippen LogP contribution is -1.99. The van der Waals surface area contributed by atoms with Crippen LogP contribution in [-0.2, 0) is 0 Å². The molecule has 3 rings (SSSR count). The van der Waals surface area contributed by atoms with Crippen LogP contribution in [0.2, 0.25) is 0 Å². The van der Waals surface area contributed by atoms with Crippen LogP contribution in [0.1, 0.15) is 11.4 Å². The fourth-order valence-electron chi connectivity index (χ4n) is 1.80. The molecule has 0 aliphatic heterocycles. The normalized spacial score (nSPS) is 10.4. The van der Waals surface area contributed by atoms with Crippen LogP contribution in [0.25, 0.3) is 16.4 Å². The van der Waals surface area contributed by atoms with Crippen molar-refractivity contribution in [1.82, 2.24) is 20.0 Å². The molecule has 0 atom stereocenters. The number of benzene rings is 1. The Bertz CT molecular complexity index is 797. The molecule has 98 valence electrons. The number of thiazole rings is 1. The van der Waals surface area contributed by atoms with Crippen molar-refractivity contribution in [1.29, 1.82) is 5.26 Å². The first-order valence-corrected chi connectivity index (χ1v) is 6.61. The highest BCUT2D eigenvalue weighted by atomic mass is 32.1. The summed E-state index contributed by atoms with van der Waals surface area (Å²) < 4.78 is 14.5. The number of hydrogen-bond acceptors (Lipinski definition) is 5. The van der Waals surface area contributed by atoms with Gasteiger partial charge in [-0.2, -0.15) is 9.94 Å². The fraction of sp³-hybridized carbons (Fsp3) is 0.0769. The van der Waals surface area contributed by atoms with Gasteiger partial charge in [0.15, 0.2) is 5.69 Å². The second kappa shape index (κ2) is 4.83. The summed E-state index contributed by atoms with van der Waals surface area (Å²) in [6.07, 6.45) is 0. The zero-order valence-corrected chi connectivity index (χ0v) is 11.2. The lowest BCUT2D eigenvalue weighted by molar-refractivity contribution is 0.628. The third-order valence-electron chi connectivity index (χ3n) is 2.68. The lowest BCUT2D eigenvalue weighted by atomic mass is 10.1. The van der Waals surface area contributed by atoms with Crippen molar-refractivity contribution in [2.75, 3.05) is 0 Å². The van der Waals surface area contributed by atoms with Crippen molar-refractivity contribution in [3.8, 4) is 22.5 Å². The van der Waals surface area contributed by atoms with Crippen molar-refractivity contribution < 1.29 is 4.39 Å². The highest BCUT2D eigenvalue weighted by Gasteiger charge is 2.17. The maximum Gasteiger partial charge on any atom is 0.212 e. The van der Waals surface area contributed by atoms with Gasteiger partial charge in [0.2, 0.25) is 5.13 Å². The minimum absolute atomic E-state index is 0.185. The molecule has 0 unspecified atom stereocenters. The molecular weight excluding hydrogens is 277 g/mol. The van der Waals surface area contributed by atoms with Crippen molar-refractivity contribution in [3.63, 3.8) is 0 Å². The van der Waals surface area contributed by atoms with Crippen molar-refractivity contribution in [2.24, 2.45) is 0 Å². The first-order chi connectivity index (χ1) is 9.69. The summed E-state index contributed by atoms with van der Waals surface area (Å²) in [5, 5.41) is 19.5. The number of hydrogen-bond donors (Lipinski definition) is 0. The van der Waals surface area contributed by atoms with Gasteiger partial charge in [-0.1, -0.05) is 5.21 Å². The number of aryl methyl sites for hydroxylation is 1. The van der Waals surface area contributed by atoms with Crippen LogP contribution in [-0.4, -0.2) is 20.0 Å². The number of rotatable bonds is 2. The Morgan fingerprint density at radius 2 is 2.05 bits per heavy atom. The van der Waals surface area contributed by atoms with Gasteiger partial charge in [-0.15, -0.1) is 16.4 Å². The molecule has 0 radical (unpaired) electrons. The van der Waals surface area contributed by atoms with Crippen LogP contribution >= 0.6 is 11.3 Å². The standard InChI is InChI=1S/C13H8FN5S/c1-8-7-20-13(16-8)19-12(11(6-15)17-18-19)9-2-4-10(14)5-3-9/h2-5,7H,1H3. The number of nitriles is 1. The minimum Gasteiger partial charge on any atom is -0.224 e. The first kappa shape index (κ1) is 12.4. The molecule has 2 aromatic heterocycles. The molecule has 0 bridgehead atoms. The van der Waals surface area contributed by atoms with Gasteiger partial charge in [0.25, 0.3) is 0 Å². The average molecular weight is 285 g/mol. The molecule has 0 fully saturated rings. The molecule has 20 heavy (non-hydrogen) atoms. The largest absolute Gasteiger partial charge is 0.224 e. The number of nitrogens with zero attached hydrogens (tertiary/aromatic N) is 5. The summed E-state index contributed by atoms with van der Waals surface area (Å²) in [6, 6.07) is 7.84. The van der Waals surface area contributed by atoms with E-state index in [9.17, 15) is 4.39 Å². The Kier molecular flexibility index (Phi) is 3.00. The second-order valence-electron chi connectivity index (χ2n) is 4.09. The highest BCUT2D eigenvalue weighted by molar-refractivity contribution is 7.12. The Morgan fingerprint density at radius 3 is 2.65 bits per heavy atom. The molecule has 1 aromatic carbocycles.